The van der Waals surface area contributed by atoms with E-state index in [1.165, 1.54) is 0 Å². The number of carbonyl (C=O) groups excluding carboxylic acids is 2. The van der Waals surface area contributed by atoms with Gasteiger partial charge in [-0.05, 0) is 49.2 Å². The highest BCUT2D eigenvalue weighted by Gasteiger charge is 2.57. The van der Waals surface area contributed by atoms with Crippen LogP contribution in [-0.4, -0.2) is 48.8 Å². The molecule has 3 aromatic rings. The van der Waals surface area contributed by atoms with Crippen molar-refractivity contribution in [2.24, 2.45) is 0 Å². The normalized spacial score (nSPS) is 28.1. The maximum Gasteiger partial charge on any atom is 0.282 e. The summed E-state index contributed by atoms with van der Waals surface area (Å²) in [4.78, 5) is 30.3. The van der Waals surface area contributed by atoms with E-state index in [2.05, 4.69) is 0 Å². The Labute approximate surface area is 211 Å². The van der Waals surface area contributed by atoms with Crippen LogP contribution in [0.4, 0.5) is 5.69 Å². The average molecular weight is 487 g/mol. The molecule has 5 rings (SSSR count). The molecule has 2 aliphatic heterocycles. The van der Waals surface area contributed by atoms with E-state index < -0.39 is 24.0 Å². The molecule has 7 heteroatoms. The fourth-order valence-electron chi connectivity index (χ4n) is 4.99. The van der Waals surface area contributed by atoms with Crippen LogP contribution in [0.25, 0.3) is 0 Å². The zero-order chi connectivity index (χ0) is 25.4. The molecule has 0 aromatic heterocycles. The molecule has 0 aliphatic carbocycles. The number of hydrogen-bond donors (Lipinski definition) is 0. The molecule has 0 radical (unpaired) electrons. The van der Waals surface area contributed by atoms with E-state index in [1.54, 1.807) is 30.9 Å². The van der Waals surface area contributed by atoms with E-state index in [1.807, 2.05) is 91.9 Å². The van der Waals surface area contributed by atoms with E-state index in [4.69, 9.17) is 14.2 Å². The Morgan fingerprint density at radius 1 is 0.861 bits per heavy atom. The second-order valence-corrected chi connectivity index (χ2v) is 9.35. The van der Waals surface area contributed by atoms with Crippen LogP contribution in [0.1, 0.15) is 37.1 Å². The SMILES string of the molecule is COc1ccc(N2C(=O)[C@H](O[C@@]3(C)O[C@H](c4ccccc4)[C@H](C)N(C)C3=O)[C@@H]2c2ccccc2)cc1. The fraction of sp³-hybridized carbons (Fsp3) is 0.310. The molecule has 5 atom stereocenters. The van der Waals surface area contributed by atoms with Crippen LogP contribution in [0, 0.1) is 0 Å². The molecule has 7 nitrogen and oxygen atoms in total. The smallest absolute Gasteiger partial charge is 0.282 e. The monoisotopic (exact) mass is 486 g/mol. The first-order valence-electron chi connectivity index (χ1n) is 12.0. The first kappa shape index (κ1) is 24.0. The molecule has 0 bridgehead atoms. The summed E-state index contributed by atoms with van der Waals surface area (Å²) < 4.78 is 18.0. The topological polar surface area (TPSA) is 68.3 Å². The molecule has 2 saturated heterocycles. The molecular weight excluding hydrogens is 456 g/mol. The Balaban J connectivity index is 1.47. The summed E-state index contributed by atoms with van der Waals surface area (Å²) in [7, 11) is 3.34. The summed E-state index contributed by atoms with van der Waals surface area (Å²) in [6, 6.07) is 26.1. The standard InChI is InChI=1S/C29H30N2O5/c1-19-25(21-13-9-6-10-14-21)35-29(2,28(33)30(19)3)36-26-24(20-11-7-5-8-12-20)31(27(26)32)22-15-17-23(34-4)18-16-22/h5-19,24-26H,1-4H3/t19-,24-,25-,26+,29+/m0/s1. The molecule has 36 heavy (non-hydrogen) atoms. The van der Waals surface area contributed by atoms with Crippen molar-refractivity contribution >= 4 is 17.5 Å². The summed E-state index contributed by atoms with van der Waals surface area (Å²) in [5.74, 6) is -1.47. The summed E-state index contributed by atoms with van der Waals surface area (Å²) in [6.45, 7) is 3.56. The fourth-order valence-corrected chi connectivity index (χ4v) is 4.99. The van der Waals surface area contributed by atoms with Crippen molar-refractivity contribution in [3.05, 3.63) is 96.1 Å². The first-order chi connectivity index (χ1) is 17.3. The van der Waals surface area contributed by atoms with Crippen molar-refractivity contribution in [1.29, 1.82) is 0 Å². The molecule has 0 saturated carbocycles. The number of amides is 2. The summed E-state index contributed by atoms with van der Waals surface area (Å²) in [6.07, 6.45) is -1.29. The van der Waals surface area contributed by atoms with Gasteiger partial charge in [-0.2, -0.15) is 0 Å². The number of methoxy groups -OCH3 is 1. The van der Waals surface area contributed by atoms with Gasteiger partial charge < -0.3 is 19.1 Å². The van der Waals surface area contributed by atoms with Crippen molar-refractivity contribution in [3.63, 3.8) is 0 Å². The lowest BCUT2D eigenvalue weighted by molar-refractivity contribution is -0.290. The Kier molecular flexibility index (Phi) is 6.28. The number of morpholine rings is 1. The van der Waals surface area contributed by atoms with Gasteiger partial charge in [-0.15, -0.1) is 0 Å². The molecule has 0 unspecified atom stereocenters. The van der Waals surface area contributed by atoms with Gasteiger partial charge in [0.15, 0.2) is 6.10 Å². The number of β-lactam (4-membered cyclic amide) rings is 1. The summed E-state index contributed by atoms with van der Waals surface area (Å²) >= 11 is 0. The molecule has 2 amide bonds. The number of benzene rings is 3. The number of carbonyl (C=O) groups is 2. The highest BCUT2D eigenvalue weighted by Crippen LogP contribution is 2.45. The lowest BCUT2D eigenvalue weighted by Crippen LogP contribution is -2.67. The highest BCUT2D eigenvalue weighted by atomic mass is 16.7. The van der Waals surface area contributed by atoms with Gasteiger partial charge in [-0.3, -0.25) is 14.5 Å². The van der Waals surface area contributed by atoms with E-state index in [-0.39, 0.29) is 17.9 Å². The Bertz CT molecular complexity index is 1230. The van der Waals surface area contributed by atoms with Gasteiger partial charge in [-0.25, -0.2) is 0 Å². The van der Waals surface area contributed by atoms with Crippen LogP contribution >= 0.6 is 0 Å². The number of nitrogens with zero attached hydrogens (tertiary/aromatic N) is 2. The summed E-state index contributed by atoms with van der Waals surface area (Å²) in [5, 5.41) is 0. The quantitative estimate of drug-likeness (QED) is 0.480. The Hall–Kier alpha value is -3.68. The van der Waals surface area contributed by atoms with Gasteiger partial charge in [0.05, 0.1) is 19.2 Å². The maximum absolute atomic E-state index is 13.5. The number of rotatable bonds is 6. The predicted octanol–water partition coefficient (Wildman–Crippen LogP) is 4.50. The van der Waals surface area contributed by atoms with Gasteiger partial charge in [0.2, 0.25) is 5.79 Å². The molecule has 0 N–H and O–H groups in total. The van der Waals surface area contributed by atoms with Crippen molar-refractivity contribution in [3.8, 4) is 5.75 Å². The molecular formula is C29H30N2O5. The molecule has 2 aliphatic rings. The van der Waals surface area contributed by atoms with Gasteiger partial charge in [0, 0.05) is 12.7 Å². The maximum atomic E-state index is 13.5. The van der Waals surface area contributed by atoms with E-state index in [0.717, 1.165) is 16.8 Å². The zero-order valence-electron chi connectivity index (χ0n) is 20.8. The lowest BCUT2D eigenvalue weighted by atomic mass is 9.89. The second kappa shape index (κ2) is 9.41. The average Bonchev–Trinajstić information content (AvgIpc) is 2.92. The number of likely N-dealkylation sites (N-methyl/N-ethyl adjacent to an activating group) is 1. The Morgan fingerprint density at radius 3 is 2.03 bits per heavy atom. The molecule has 2 heterocycles. The summed E-state index contributed by atoms with van der Waals surface area (Å²) in [5.41, 5.74) is 2.58. The lowest BCUT2D eigenvalue weighted by Gasteiger charge is -2.52. The van der Waals surface area contributed by atoms with E-state index in [9.17, 15) is 9.59 Å². The third kappa shape index (κ3) is 4.04. The van der Waals surface area contributed by atoms with Crippen LogP contribution in [0.3, 0.4) is 0 Å². The van der Waals surface area contributed by atoms with Gasteiger partial charge in [0.25, 0.3) is 11.8 Å². The van der Waals surface area contributed by atoms with Crippen LogP contribution in [0.5, 0.6) is 5.75 Å². The molecule has 2 fully saturated rings. The number of hydrogen-bond acceptors (Lipinski definition) is 5. The predicted molar refractivity (Wildman–Crippen MR) is 135 cm³/mol. The molecule has 0 spiro atoms. The van der Waals surface area contributed by atoms with Crippen LogP contribution in [0.15, 0.2) is 84.9 Å². The third-order valence-corrected chi connectivity index (χ3v) is 7.13. The van der Waals surface area contributed by atoms with Crippen LogP contribution in [-0.2, 0) is 19.1 Å². The van der Waals surface area contributed by atoms with Crippen LogP contribution in [0.2, 0.25) is 0 Å². The molecule has 3 aromatic carbocycles. The number of anilines is 1. The zero-order valence-corrected chi connectivity index (χ0v) is 20.8. The minimum absolute atomic E-state index is 0.200. The van der Waals surface area contributed by atoms with Gasteiger partial charge in [-0.1, -0.05) is 60.7 Å². The minimum atomic E-state index is -1.62. The number of ether oxygens (including phenoxy) is 3. The Morgan fingerprint density at radius 2 is 1.44 bits per heavy atom. The van der Waals surface area contributed by atoms with Crippen LogP contribution < -0.4 is 9.64 Å². The van der Waals surface area contributed by atoms with Crippen molar-refractivity contribution < 1.29 is 23.8 Å². The first-order valence-corrected chi connectivity index (χ1v) is 12.0. The van der Waals surface area contributed by atoms with Crippen molar-refractivity contribution in [1.82, 2.24) is 4.90 Å². The highest BCUT2D eigenvalue weighted by molar-refractivity contribution is 6.05. The van der Waals surface area contributed by atoms with Gasteiger partial charge in [0.1, 0.15) is 11.9 Å². The molecule has 186 valence electrons. The van der Waals surface area contributed by atoms with E-state index >= 15 is 0 Å². The van der Waals surface area contributed by atoms with Gasteiger partial charge >= 0.3 is 0 Å². The van der Waals surface area contributed by atoms with E-state index in [0.29, 0.717) is 5.75 Å². The van der Waals surface area contributed by atoms with Crippen molar-refractivity contribution in [2.75, 3.05) is 19.1 Å². The second-order valence-electron chi connectivity index (χ2n) is 9.35. The largest absolute Gasteiger partial charge is 0.497 e. The third-order valence-electron chi connectivity index (χ3n) is 7.13. The minimum Gasteiger partial charge on any atom is -0.497 e. The van der Waals surface area contributed by atoms with Crippen molar-refractivity contribution in [2.45, 2.75) is 43.9 Å².